The maximum atomic E-state index is 13.3. The minimum absolute atomic E-state index is 0.0859. The van der Waals surface area contributed by atoms with E-state index in [1.54, 1.807) is 6.92 Å². The molecule has 2 aromatic rings. The van der Waals surface area contributed by atoms with E-state index in [4.69, 9.17) is 0 Å². The lowest BCUT2D eigenvalue weighted by atomic mass is 9.90. The molecule has 1 saturated carbocycles. The Morgan fingerprint density at radius 2 is 1.54 bits per heavy atom. The SMILES string of the molecule is C=C(C)CNc1ccc(C(F)(F)F)cc1C(=O)NCC(=O)N[C@@H]1CCCC[C@@H]1NC(=O)c1ccc(S(C)(=O)=O)cc1. The minimum atomic E-state index is -4.66. The van der Waals surface area contributed by atoms with Gasteiger partial charge in [0.1, 0.15) is 0 Å². The van der Waals surface area contributed by atoms with Crippen molar-refractivity contribution in [3.8, 4) is 0 Å². The lowest BCUT2D eigenvalue weighted by Gasteiger charge is -2.33. The van der Waals surface area contributed by atoms with Crippen molar-refractivity contribution >= 4 is 33.2 Å². The Morgan fingerprint density at radius 1 is 0.927 bits per heavy atom. The quantitative estimate of drug-likeness (QED) is 0.310. The van der Waals surface area contributed by atoms with E-state index in [0.717, 1.165) is 37.3 Å². The summed E-state index contributed by atoms with van der Waals surface area (Å²) >= 11 is 0. The van der Waals surface area contributed by atoms with E-state index in [0.29, 0.717) is 18.4 Å². The molecular weight excluding hydrogens is 561 g/mol. The third-order valence-electron chi connectivity index (χ3n) is 6.56. The van der Waals surface area contributed by atoms with Gasteiger partial charge in [0, 0.05) is 36.1 Å². The second kappa shape index (κ2) is 13.2. The van der Waals surface area contributed by atoms with Crippen LogP contribution in [0.1, 0.15) is 58.9 Å². The number of hydrogen-bond donors (Lipinski definition) is 4. The van der Waals surface area contributed by atoms with Crippen molar-refractivity contribution in [2.75, 3.05) is 24.7 Å². The molecule has 0 spiro atoms. The number of rotatable bonds is 10. The summed E-state index contributed by atoms with van der Waals surface area (Å²) in [5.74, 6) is -1.85. The zero-order chi connectivity index (χ0) is 30.4. The van der Waals surface area contributed by atoms with Crippen LogP contribution in [0.2, 0.25) is 0 Å². The van der Waals surface area contributed by atoms with Crippen LogP contribution >= 0.6 is 0 Å². The fourth-order valence-corrected chi connectivity index (χ4v) is 5.03. The van der Waals surface area contributed by atoms with E-state index in [-0.39, 0.29) is 28.3 Å². The van der Waals surface area contributed by atoms with Crippen LogP contribution < -0.4 is 21.3 Å². The van der Waals surface area contributed by atoms with Gasteiger partial charge in [-0.15, -0.1) is 0 Å². The molecule has 9 nitrogen and oxygen atoms in total. The molecule has 0 aromatic heterocycles. The Labute approximate surface area is 236 Å². The van der Waals surface area contributed by atoms with Crippen molar-refractivity contribution in [2.45, 2.75) is 55.8 Å². The number of amides is 3. The van der Waals surface area contributed by atoms with Crippen molar-refractivity contribution < 1.29 is 36.0 Å². The van der Waals surface area contributed by atoms with Crippen LogP contribution in [0.4, 0.5) is 18.9 Å². The molecule has 1 aliphatic rings. The van der Waals surface area contributed by atoms with Gasteiger partial charge >= 0.3 is 6.18 Å². The van der Waals surface area contributed by atoms with Crippen molar-refractivity contribution in [3.05, 3.63) is 71.3 Å². The molecule has 1 aliphatic carbocycles. The topological polar surface area (TPSA) is 133 Å². The number of alkyl halides is 3. The average molecular weight is 595 g/mol. The van der Waals surface area contributed by atoms with Crippen LogP contribution in [0.3, 0.4) is 0 Å². The smallest absolute Gasteiger partial charge is 0.381 e. The van der Waals surface area contributed by atoms with E-state index in [9.17, 15) is 36.0 Å². The van der Waals surface area contributed by atoms with Crippen LogP contribution in [-0.4, -0.2) is 57.6 Å². The highest BCUT2D eigenvalue weighted by Gasteiger charge is 2.32. The molecule has 2 aromatic carbocycles. The van der Waals surface area contributed by atoms with Crippen LogP contribution in [0, 0.1) is 0 Å². The Kier molecular flexibility index (Phi) is 10.2. The lowest BCUT2D eigenvalue weighted by molar-refractivity contribution is -0.137. The number of carbonyl (C=O) groups is 3. The normalized spacial score (nSPS) is 17.3. The van der Waals surface area contributed by atoms with E-state index in [1.165, 1.54) is 24.3 Å². The molecule has 2 atom stereocenters. The monoisotopic (exact) mass is 594 g/mol. The Bertz CT molecular complexity index is 1410. The van der Waals surface area contributed by atoms with Gasteiger partial charge in [0.15, 0.2) is 9.84 Å². The maximum absolute atomic E-state index is 13.3. The van der Waals surface area contributed by atoms with Gasteiger partial charge in [-0.1, -0.05) is 25.0 Å². The Morgan fingerprint density at radius 3 is 2.10 bits per heavy atom. The first-order chi connectivity index (χ1) is 19.1. The maximum Gasteiger partial charge on any atom is 0.416 e. The first-order valence-corrected chi connectivity index (χ1v) is 14.8. The first-order valence-electron chi connectivity index (χ1n) is 12.9. The Hall–Kier alpha value is -3.87. The van der Waals surface area contributed by atoms with Gasteiger partial charge in [-0.25, -0.2) is 8.42 Å². The number of nitrogens with one attached hydrogen (secondary N) is 4. The fraction of sp³-hybridized carbons (Fsp3) is 0.393. The second-order valence-corrected chi connectivity index (χ2v) is 12.1. The number of anilines is 1. The molecule has 0 radical (unpaired) electrons. The highest BCUT2D eigenvalue weighted by atomic mass is 32.2. The first kappa shape index (κ1) is 31.7. The van der Waals surface area contributed by atoms with Crippen LogP contribution in [0.15, 0.2) is 59.5 Å². The molecular formula is C28H33F3N4O5S. The van der Waals surface area contributed by atoms with Crippen molar-refractivity contribution in [2.24, 2.45) is 0 Å². The molecule has 41 heavy (non-hydrogen) atoms. The lowest BCUT2D eigenvalue weighted by Crippen LogP contribution is -2.54. The molecule has 0 bridgehead atoms. The molecule has 13 heteroatoms. The zero-order valence-corrected chi connectivity index (χ0v) is 23.5. The highest BCUT2D eigenvalue weighted by Crippen LogP contribution is 2.32. The summed E-state index contributed by atoms with van der Waals surface area (Å²) in [6, 6.07) is 7.40. The number of sulfone groups is 1. The molecule has 0 heterocycles. The number of carbonyl (C=O) groups excluding carboxylic acids is 3. The van der Waals surface area contributed by atoms with Gasteiger partial charge in [-0.2, -0.15) is 13.2 Å². The van der Waals surface area contributed by atoms with Crippen LogP contribution in [0.25, 0.3) is 0 Å². The molecule has 0 saturated heterocycles. The molecule has 1 fully saturated rings. The summed E-state index contributed by atoms with van der Waals surface area (Å²) < 4.78 is 63.1. The summed E-state index contributed by atoms with van der Waals surface area (Å²) in [5, 5.41) is 10.9. The zero-order valence-electron chi connectivity index (χ0n) is 22.7. The van der Waals surface area contributed by atoms with E-state index < -0.39 is 57.9 Å². The standard InChI is InChI=1S/C28H33F3N4O5S/c1-17(2)15-32-22-13-10-19(28(29,30)31)14-21(22)27(38)33-16-25(36)34-23-6-4-5-7-24(23)35-26(37)18-8-11-20(12-9-18)41(3,39)40/h8-14,23-24,32H,1,4-7,15-16H2,2-3H3,(H,33,38)(H,34,36)(H,35,37)/t23-,24+/m1/s1. The van der Waals surface area contributed by atoms with Crippen LogP contribution in [0.5, 0.6) is 0 Å². The predicted molar refractivity (Wildman–Crippen MR) is 148 cm³/mol. The van der Waals surface area contributed by atoms with Gasteiger partial charge in [0.05, 0.1) is 22.6 Å². The van der Waals surface area contributed by atoms with E-state index in [1.807, 2.05) is 0 Å². The second-order valence-electron chi connectivity index (χ2n) is 10.1. The number of hydrogen-bond acceptors (Lipinski definition) is 6. The molecule has 4 N–H and O–H groups in total. The summed E-state index contributed by atoms with van der Waals surface area (Å²) in [7, 11) is -3.41. The van der Waals surface area contributed by atoms with E-state index >= 15 is 0 Å². The summed E-state index contributed by atoms with van der Waals surface area (Å²) in [6.07, 6.45) is -0.813. The fourth-order valence-electron chi connectivity index (χ4n) is 4.40. The highest BCUT2D eigenvalue weighted by molar-refractivity contribution is 7.90. The predicted octanol–water partition coefficient (Wildman–Crippen LogP) is 3.68. The number of benzene rings is 2. The van der Waals surface area contributed by atoms with Gasteiger partial charge < -0.3 is 21.3 Å². The van der Waals surface area contributed by atoms with Gasteiger partial charge in [-0.05, 0) is 62.2 Å². The summed E-state index contributed by atoms with van der Waals surface area (Å²) in [5.41, 5.74) is -0.134. The number of halogens is 3. The third kappa shape index (κ3) is 9.07. The third-order valence-corrected chi connectivity index (χ3v) is 7.68. The molecule has 0 unspecified atom stereocenters. The van der Waals surface area contributed by atoms with Crippen LogP contribution in [-0.2, 0) is 20.8 Å². The molecule has 0 aliphatic heterocycles. The van der Waals surface area contributed by atoms with E-state index in [2.05, 4.69) is 27.8 Å². The van der Waals surface area contributed by atoms with Gasteiger partial charge in [0.2, 0.25) is 5.91 Å². The molecule has 3 rings (SSSR count). The van der Waals surface area contributed by atoms with Crippen molar-refractivity contribution in [3.63, 3.8) is 0 Å². The average Bonchev–Trinajstić information content (AvgIpc) is 2.90. The van der Waals surface area contributed by atoms with Crippen molar-refractivity contribution in [1.29, 1.82) is 0 Å². The largest absolute Gasteiger partial charge is 0.416 e. The van der Waals surface area contributed by atoms with Crippen molar-refractivity contribution in [1.82, 2.24) is 16.0 Å². The minimum Gasteiger partial charge on any atom is -0.381 e. The Balaban J connectivity index is 1.63. The molecule has 3 amide bonds. The summed E-state index contributed by atoms with van der Waals surface area (Å²) in [4.78, 5) is 38.4. The summed E-state index contributed by atoms with van der Waals surface area (Å²) in [6.45, 7) is 5.20. The molecule has 222 valence electrons. The van der Waals surface area contributed by atoms with Gasteiger partial charge in [-0.3, -0.25) is 14.4 Å². The van der Waals surface area contributed by atoms with Gasteiger partial charge in [0.25, 0.3) is 11.8 Å².